The van der Waals surface area contributed by atoms with Crippen LogP contribution in [0.5, 0.6) is 0 Å². The third-order valence-corrected chi connectivity index (χ3v) is 4.08. The summed E-state index contributed by atoms with van der Waals surface area (Å²) in [6.07, 6.45) is 2.06. The summed E-state index contributed by atoms with van der Waals surface area (Å²) in [5, 5.41) is 18.2. The molecule has 0 amide bonds. The number of aryl methyl sites for hydroxylation is 1. The van der Waals surface area contributed by atoms with Gasteiger partial charge in [0.25, 0.3) is 0 Å². The van der Waals surface area contributed by atoms with Crippen LogP contribution in [-0.2, 0) is 19.4 Å². The maximum absolute atomic E-state index is 9.73. The van der Waals surface area contributed by atoms with Crippen LogP contribution in [0.1, 0.15) is 23.6 Å². The molecule has 0 bridgehead atoms. The van der Waals surface area contributed by atoms with Gasteiger partial charge in [-0.1, -0.05) is 34.1 Å². The summed E-state index contributed by atoms with van der Waals surface area (Å²) in [6.45, 7) is 0.613. The van der Waals surface area contributed by atoms with E-state index in [1.165, 1.54) is 5.56 Å². The van der Waals surface area contributed by atoms with E-state index in [1.807, 2.05) is 22.8 Å². The fourth-order valence-corrected chi connectivity index (χ4v) is 2.73. The zero-order valence-corrected chi connectivity index (χ0v) is 11.5. The fourth-order valence-electron chi connectivity index (χ4n) is 2.31. The summed E-state index contributed by atoms with van der Waals surface area (Å²) in [5.74, 6) is 1.91. The van der Waals surface area contributed by atoms with Crippen LogP contribution >= 0.6 is 15.9 Å². The number of rotatable bonds is 2. The summed E-state index contributed by atoms with van der Waals surface area (Å²) in [7, 11) is 0. The van der Waals surface area contributed by atoms with Crippen LogP contribution in [0, 0.1) is 0 Å². The Morgan fingerprint density at radius 3 is 3.00 bits per heavy atom. The van der Waals surface area contributed by atoms with E-state index in [0.717, 1.165) is 35.4 Å². The number of nitrogens with zero attached hydrogens (tertiary/aromatic N) is 3. The first-order valence-corrected chi connectivity index (χ1v) is 6.86. The van der Waals surface area contributed by atoms with E-state index in [-0.39, 0.29) is 6.10 Å². The smallest absolute Gasteiger partial charge is 0.137 e. The molecular weight excluding hydrogens is 294 g/mol. The molecule has 2 aromatic rings. The van der Waals surface area contributed by atoms with Crippen molar-refractivity contribution in [1.82, 2.24) is 14.8 Å². The first kappa shape index (κ1) is 11.9. The molecule has 0 aliphatic carbocycles. The standard InChI is InChI=1S/C13H14BrN3O/c14-11-4-2-1-3-9(11)7-13-16-15-12-6-5-10(18)8-17(12)13/h1-4,10,18H,5-8H2. The van der Waals surface area contributed by atoms with Crippen LogP contribution in [0.3, 0.4) is 0 Å². The number of aromatic nitrogens is 3. The van der Waals surface area contributed by atoms with E-state index in [4.69, 9.17) is 0 Å². The Hall–Kier alpha value is -1.20. The molecule has 1 aromatic carbocycles. The predicted octanol–water partition coefficient (Wildman–Crippen LogP) is 1.94. The highest BCUT2D eigenvalue weighted by atomic mass is 79.9. The minimum atomic E-state index is -0.272. The zero-order chi connectivity index (χ0) is 12.5. The maximum Gasteiger partial charge on any atom is 0.137 e. The molecule has 1 N–H and O–H groups in total. The van der Waals surface area contributed by atoms with Crippen LogP contribution in [0.2, 0.25) is 0 Å². The summed E-state index contributed by atoms with van der Waals surface area (Å²) < 4.78 is 3.13. The Kier molecular flexibility index (Phi) is 3.18. The van der Waals surface area contributed by atoms with E-state index in [2.05, 4.69) is 32.2 Å². The van der Waals surface area contributed by atoms with Crippen molar-refractivity contribution < 1.29 is 5.11 Å². The topological polar surface area (TPSA) is 50.9 Å². The molecule has 4 nitrogen and oxygen atoms in total. The summed E-state index contributed by atoms with van der Waals surface area (Å²) in [5.41, 5.74) is 1.19. The predicted molar refractivity (Wildman–Crippen MR) is 71.3 cm³/mol. The molecule has 94 valence electrons. The largest absolute Gasteiger partial charge is 0.391 e. The second-order valence-electron chi connectivity index (χ2n) is 4.60. The number of hydrogen-bond donors (Lipinski definition) is 1. The van der Waals surface area contributed by atoms with Gasteiger partial charge in [0.2, 0.25) is 0 Å². The maximum atomic E-state index is 9.73. The van der Waals surface area contributed by atoms with Gasteiger partial charge in [0.1, 0.15) is 11.6 Å². The van der Waals surface area contributed by atoms with Crippen molar-refractivity contribution >= 4 is 15.9 Å². The summed E-state index contributed by atoms with van der Waals surface area (Å²) in [6, 6.07) is 8.11. The second-order valence-corrected chi connectivity index (χ2v) is 5.46. The average Bonchev–Trinajstić information content (AvgIpc) is 2.75. The van der Waals surface area contributed by atoms with Gasteiger partial charge in [0, 0.05) is 17.3 Å². The number of hydrogen-bond acceptors (Lipinski definition) is 3. The van der Waals surface area contributed by atoms with Gasteiger partial charge in [-0.15, -0.1) is 10.2 Å². The SMILES string of the molecule is OC1CCc2nnc(Cc3ccccc3Br)n2C1. The molecule has 0 saturated carbocycles. The molecule has 0 radical (unpaired) electrons. The van der Waals surface area contributed by atoms with Crippen molar-refractivity contribution in [1.29, 1.82) is 0 Å². The van der Waals surface area contributed by atoms with Crippen LogP contribution in [0.25, 0.3) is 0 Å². The van der Waals surface area contributed by atoms with Gasteiger partial charge in [-0.3, -0.25) is 0 Å². The Morgan fingerprint density at radius 1 is 1.33 bits per heavy atom. The Balaban J connectivity index is 1.90. The molecule has 1 atom stereocenters. The van der Waals surface area contributed by atoms with E-state index >= 15 is 0 Å². The molecule has 1 aliphatic heterocycles. The van der Waals surface area contributed by atoms with Crippen LogP contribution in [-0.4, -0.2) is 26.0 Å². The van der Waals surface area contributed by atoms with Crippen molar-refractivity contribution in [3.8, 4) is 0 Å². The number of aliphatic hydroxyl groups excluding tert-OH is 1. The highest BCUT2D eigenvalue weighted by molar-refractivity contribution is 9.10. The molecule has 1 aliphatic rings. The Bertz CT molecular complexity index is 567. The molecule has 2 heterocycles. The number of fused-ring (bicyclic) bond motifs is 1. The van der Waals surface area contributed by atoms with Crippen molar-refractivity contribution in [2.24, 2.45) is 0 Å². The van der Waals surface area contributed by atoms with Crippen molar-refractivity contribution in [2.45, 2.75) is 31.9 Å². The minimum Gasteiger partial charge on any atom is -0.391 e. The lowest BCUT2D eigenvalue weighted by Gasteiger charge is -2.20. The normalized spacial score (nSPS) is 18.7. The Morgan fingerprint density at radius 2 is 2.17 bits per heavy atom. The highest BCUT2D eigenvalue weighted by Gasteiger charge is 2.21. The summed E-state index contributed by atoms with van der Waals surface area (Å²) in [4.78, 5) is 0. The van der Waals surface area contributed by atoms with Gasteiger partial charge in [0.15, 0.2) is 0 Å². The van der Waals surface area contributed by atoms with E-state index < -0.39 is 0 Å². The van der Waals surface area contributed by atoms with Gasteiger partial charge < -0.3 is 9.67 Å². The first-order chi connectivity index (χ1) is 8.74. The molecule has 5 heteroatoms. The molecule has 1 unspecified atom stereocenters. The van der Waals surface area contributed by atoms with Crippen LogP contribution in [0.15, 0.2) is 28.7 Å². The Labute approximate surface area is 114 Å². The number of halogens is 1. The molecule has 3 rings (SSSR count). The third kappa shape index (κ3) is 2.20. The molecule has 0 spiro atoms. The molecule has 1 aromatic heterocycles. The zero-order valence-electron chi connectivity index (χ0n) is 9.88. The highest BCUT2D eigenvalue weighted by Crippen LogP contribution is 2.21. The van der Waals surface area contributed by atoms with Crippen LogP contribution < -0.4 is 0 Å². The lowest BCUT2D eigenvalue weighted by Crippen LogP contribution is -2.25. The number of benzene rings is 1. The minimum absolute atomic E-state index is 0.272. The molecule has 0 fully saturated rings. The van der Waals surface area contributed by atoms with Gasteiger partial charge >= 0.3 is 0 Å². The van der Waals surface area contributed by atoms with Crippen molar-refractivity contribution in [3.63, 3.8) is 0 Å². The average molecular weight is 308 g/mol. The van der Waals surface area contributed by atoms with Gasteiger partial charge in [0.05, 0.1) is 12.6 Å². The van der Waals surface area contributed by atoms with E-state index in [0.29, 0.717) is 6.54 Å². The molecule has 18 heavy (non-hydrogen) atoms. The lowest BCUT2D eigenvalue weighted by molar-refractivity contribution is 0.129. The summed E-state index contributed by atoms with van der Waals surface area (Å²) >= 11 is 3.54. The van der Waals surface area contributed by atoms with Crippen molar-refractivity contribution in [2.75, 3.05) is 0 Å². The molecule has 0 saturated heterocycles. The van der Waals surface area contributed by atoms with Crippen molar-refractivity contribution in [3.05, 3.63) is 46.0 Å². The lowest BCUT2D eigenvalue weighted by atomic mass is 10.1. The van der Waals surface area contributed by atoms with Gasteiger partial charge in [-0.2, -0.15) is 0 Å². The number of aliphatic hydroxyl groups is 1. The van der Waals surface area contributed by atoms with E-state index in [9.17, 15) is 5.11 Å². The monoisotopic (exact) mass is 307 g/mol. The van der Waals surface area contributed by atoms with Gasteiger partial charge in [-0.25, -0.2) is 0 Å². The molecular formula is C13H14BrN3O. The van der Waals surface area contributed by atoms with Crippen LogP contribution in [0.4, 0.5) is 0 Å². The first-order valence-electron chi connectivity index (χ1n) is 6.06. The third-order valence-electron chi connectivity index (χ3n) is 3.30. The van der Waals surface area contributed by atoms with Gasteiger partial charge in [-0.05, 0) is 18.1 Å². The fraction of sp³-hybridized carbons (Fsp3) is 0.385. The second kappa shape index (κ2) is 4.82. The quantitative estimate of drug-likeness (QED) is 0.922. The van der Waals surface area contributed by atoms with E-state index in [1.54, 1.807) is 0 Å².